The van der Waals surface area contributed by atoms with E-state index in [1.165, 1.54) is 0 Å². The predicted molar refractivity (Wildman–Crippen MR) is 76.0 cm³/mol. The topological polar surface area (TPSA) is 35.2 Å². The van der Waals surface area contributed by atoms with Crippen molar-refractivity contribution < 1.29 is 9.13 Å². The molecular formula is C14H21BrFNO. The number of rotatable bonds is 6. The largest absolute Gasteiger partial charge is 0.373 e. The molecule has 0 fully saturated rings. The van der Waals surface area contributed by atoms with Gasteiger partial charge in [-0.05, 0) is 41.8 Å². The van der Waals surface area contributed by atoms with E-state index in [1.807, 2.05) is 20.8 Å². The van der Waals surface area contributed by atoms with Crippen molar-refractivity contribution in [1.29, 1.82) is 0 Å². The van der Waals surface area contributed by atoms with Gasteiger partial charge in [0.2, 0.25) is 0 Å². The maximum atomic E-state index is 14.1. The minimum atomic E-state index is -0.504. The van der Waals surface area contributed by atoms with Gasteiger partial charge in [-0.3, -0.25) is 0 Å². The molecule has 102 valence electrons. The van der Waals surface area contributed by atoms with Gasteiger partial charge in [0.15, 0.2) is 0 Å². The summed E-state index contributed by atoms with van der Waals surface area (Å²) in [6.07, 6.45) is 1.51. The highest BCUT2D eigenvalue weighted by atomic mass is 79.9. The van der Waals surface area contributed by atoms with E-state index in [2.05, 4.69) is 15.9 Å². The van der Waals surface area contributed by atoms with E-state index in [-0.39, 0.29) is 5.82 Å². The Morgan fingerprint density at radius 3 is 2.44 bits per heavy atom. The van der Waals surface area contributed by atoms with Crippen LogP contribution < -0.4 is 5.73 Å². The summed E-state index contributed by atoms with van der Waals surface area (Å²) in [5, 5.41) is 0. The van der Waals surface area contributed by atoms with Crippen LogP contribution in [0.15, 0.2) is 22.7 Å². The lowest BCUT2D eigenvalue weighted by Gasteiger charge is -2.37. The van der Waals surface area contributed by atoms with E-state index in [9.17, 15) is 4.39 Å². The van der Waals surface area contributed by atoms with Gasteiger partial charge in [0, 0.05) is 12.2 Å². The SMILES string of the molecule is CCOC(CC)(CC)C(N)c1cccc(Br)c1F. The first-order chi connectivity index (χ1) is 8.52. The number of ether oxygens (including phenoxy) is 1. The Labute approximate surface area is 117 Å². The standard InChI is InChI=1S/C14H21BrFNO/c1-4-14(5-2,18-6-3)13(17)10-8-7-9-11(15)12(10)16/h7-9,13H,4-6,17H2,1-3H3. The van der Waals surface area contributed by atoms with Crippen molar-refractivity contribution in [3.05, 3.63) is 34.1 Å². The molecule has 0 bridgehead atoms. The third-order valence-corrected chi connectivity index (χ3v) is 4.12. The maximum Gasteiger partial charge on any atom is 0.142 e. The molecule has 1 atom stereocenters. The van der Waals surface area contributed by atoms with E-state index in [0.29, 0.717) is 16.6 Å². The second-order valence-corrected chi connectivity index (χ2v) is 5.18. The first-order valence-electron chi connectivity index (χ1n) is 6.35. The second kappa shape index (κ2) is 6.64. The smallest absolute Gasteiger partial charge is 0.142 e. The molecule has 1 aromatic rings. The third kappa shape index (κ3) is 2.92. The van der Waals surface area contributed by atoms with Gasteiger partial charge in [-0.15, -0.1) is 0 Å². The van der Waals surface area contributed by atoms with Crippen LogP contribution in [0.2, 0.25) is 0 Å². The Morgan fingerprint density at radius 2 is 1.94 bits per heavy atom. The average Bonchev–Trinajstić information content (AvgIpc) is 2.38. The Kier molecular flexibility index (Phi) is 5.76. The van der Waals surface area contributed by atoms with Crippen LogP contribution in [0.3, 0.4) is 0 Å². The summed E-state index contributed by atoms with van der Waals surface area (Å²) in [5.41, 5.74) is 6.26. The monoisotopic (exact) mass is 317 g/mol. The van der Waals surface area contributed by atoms with Crippen molar-refractivity contribution >= 4 is 15.9 Å². The Morgan fingerprint density at radius 1 is 1.33 bits per heavy atom. The molecule has 4 heteroatoms. The van der Waals surface area contributed by atoms with Gasteiger partial charge in [-0.1, -0.05) is 26.0 Å². The molecule has 0 amide bonds. The molecule has 0 saturated heterocycles. The molecule has 1 unspecified atom stereocenters. The fourth-order valence-electron chi connectivity index (χ4n) is 2.32. The van der Waals surface area contributed by atoms with E-state index < -0.39 is 11.6 Å². The van der Waals surface area contributed by atoms with Crippen LogP contribution in [-0.4, -0.2) is 12.2 Å². The van der Waals surface area contributed by atoms with Gasteiger partial charge >= 0.3 is 0 Å². The number of hydrogen-bond donors (Lipinski definition) is 1. The fraction of sp³-hybridized carbons (Fsp3) is 0.571. The third-order valence-electron chi connectivity index (χ3n) is 3.51. The number of halogens is 2. The van der Waals surface area contributed by atoms with Crippen LogP contribution >= 0.6 is 15.9 Å². The molecule has 0 aliphatic rings. The molecule has 2 N–H and O–H groups in total. The van der Waals surface area contributed by atoms with Gasteiger partial charge in [0.05, 0.1) is 16.1 Å². The van der Waals surface area contributed by atoms with Crippen LogP contribution in [0.25, 0.3) is 0 Å². The van der Waals surface area contributed by atoms with Gasteiger partial charge in [0.25, 0.3) is 0 Å². The van der Waals surface area contributed by atoms with E-state index >= 15 is 0 Å². The molecule has 0 aliphatic carbocycles. The fourth-order valence-corrected chi connectivity index (χ4v) is 2.70. The molecular weight excluding hydrogens is 297 g/mol. The average molecular weight is 318 g/mol. The van der Waals surface area contributed by atoms with E-state index in [1.54, 1.807) is 18.2 Å². The molecule has 0 aromatic heterocycles. The maximum absolute atomic E-state index is 14.1. The quantitative estimate of drug-likeness (QED) is 0.854. The minimum absolute atomic E-state index is 0.295. The number of benzene rings is 1. The Balaban J connectivity index is 3.17. The first-order valence-corrected chi connectivity index (χ1v) is 7.15. The Bertz CT molecular complexity index is 393. The highest BCUT2D eigenvalue weighted by Crippen LogP contribution is 2.36. The number of nitrogens with two attached hydrogens (primary N) is 1. The van der Waals surface area contributed by atoms with Crippen molar-refractivity contribution in [2.45, 2.75) is 45.3 Å². The van der Waals surface area contributed by atoms with Crippen molar-refractivity contribution in [1.82, 2.24) is 0 Å². The summed E-state index contributed by atoms with van der Waals surface area (Å²) in [6.45, 7) is 6.55. The summed E-state index contributed by atoms with van der Waals surface area (Å²) >= 11 is 3.19. The summed E-state index contributed by atoms with van der Waals surface area (Å²) in [5.74, 6) is -0.295. The lowest BCUT2D eigenvalue weighted by atomic mass is 9.84. The van der Waals surface area contributed by atoms with Crippen LogP contribution in [0.5, 0.6) is 0 Å². The predicted octanol–water partition coefficient (Wildman–Crippen LogP) is 4.18. The van der Waals surface area contributed by atoms with Crippen LogP contribution in [-0.2, 0) is 4.74 Å². The van der Waals surface area contributed by atoms with Crippen LogP contribution in [0, 0.1) is 5.82 Å². The summed E-state index contributed by atoms with van der Waals surface area (Å²) in [7, 11) is 0. The minimum Gasteiger partial charge on any atom is -0.373 e. The van der Waals surface area contributed by atoms with E-state index in [4.69, 9.17) is 10.5 Å². The van der Waals surface area contributed by atoms with Crippen molar-refractivity contribution in [3.63, 3.8) is 0 Å². The molecule has 18 heavy (non-hydrogen) atoms. The molecule has 0 spiro atoms. The van der Waals surface area contributed by atoms with Gasteiger partial charge in [0.1, 0.15) is 5.82 Å². The van der Waals surface area contributed by atoms with Gasteiger partial charge in [-0.25, -0.2) is 4.39 Å². The van der Waals surface area contributed by atoms with Crippen LogP contribution in [0.1, 0.15) is 45.2 Å². The molecule has 0 saturated carbocycles. The van der Waals surface area contributed by atoms with Crippen molar-refractivity contribution in [3.8, 4) is 0 Å². The highest BCUT2D eigenvalue weighted by molar-refractivity contribution is 9.10. The summed E-state index contributed by atoms with van der Waals surface area (Å²) < 4.78 is 20.4. The lowest BCUT2D eigenvalue weighted by molar-refractivity contribution is -0.0652. The zero-order valence-corrected chi connectivity index (χ0v) is 12.8. The van der Waals surface area contributed by atoms with Crippen molar-refractivity contribution in [2.24, 2.45) is 5.73 Å². The molecule has 1 rings (SSSR count). The summed E-state index contributed by atoms with van der Waals surface area (Å²) in [4.78, 5) is 0. The summed E-state index contributed by atoms with van der Waals surface area (Å²) in [6, 6.07) is 4.73. The molecule has 0 aliphatic heterocycles. The number of hydrogen-bond acceptors (Lipinski definition) is 2. The van der Waals surface area contributed by atoms with E-state index in [0.717, 1.165) is 12.8 Å². The van der Waals surface area contributed by atoms with Gasteiger partial charge in [-0.2, -0.15) is 0 Å². The first kappa shape index (κ1) is 15.6. The molecule has 0 heterocycles. The zero-order chi connectivity index (χ0) is 13.8. The molecule has 2 nitrogen and oxygen atoms in total. The normalized spacial score (nSPS) is 13.7. The van der Waals surface area contributed by atoms with Gasteiger partial charge < -0.3 is 10.5 Å². The molecule has 0 radical (unpaired) electrons. The van der Waals surface area contributed by atoms with Crippen LogP contribution in [0.4, 0.5) is 4.39 Å². The second-order valence-electron chi connectivity index (χ2n) is 4.33. The molecule has 1 aromatic carbocycles. The zero-order valence-electron chi connectivity index (χ0n) is 11.2. The highest BCUT2D eigenvalue weighted by Gasteiger charge is 2.36. The Hall–Kier alpha value is -0.450. The van der Waals surface area contributed by atoms with Crippen molar-refractivity contribution in [2.75, 3.05) is 6.61 Å². The lowest BCUT2D eigenvalue weighted by Crippen LogP contribution is -2.43.